The molecule has 0 aliphatic heterocycles. The summed E-state index contributed by atoms with van der Waals surface area (Å²) < 4.78 is 38.3. The molecule has 7 rings (SSSR count). The highest BCUT2D eigenvalue weighted by molar-refractivity contribution is 9.10. The van der Waals surface area contributed by atoms with Crippen LogP contribution in [0.2, 0.25) is 0 Å². The predicted molar refractivity (Wildman–Crippen MR) is 219 cm³/mol. The van der Waals surface area contributed by atoms with E-state index in [0.717, 1.165) is 47.6 Å². The minimum Gasteiger partial charge on any atom is -0.489 e. The maximum Gasteiger partial charge on any atom is 0.306 e. The maximum atomic E-state index is 12.6. The molecule has 0 spiro atoms. The quantitative estimate of drug-likeness (QED) is 0.0705. The Morgan fingerprint density at radius 1 is 0.473 bits per heavy atom. The Bertz CT molecular complexity index is 2450. The van der Waals surface area contributed by atoms with Crippen LogP contribution < -0.4 is 18.9 Å². The molecule has 2 atom stereocenters. The number of fused-ring (bicyclic) bond motifs is 4. The van der Waals surface area contributed by atoms with E-state index in [4.69, 9.17) is 28.4 Å². The van der Waals surface area contributed by atoms with Crippen molar-refractivity contribution in [2.24, 2.45) is 0 Å². The minimum absolute atomic E-state index is 0.0445. The monoisotopic (exact) mass is 800 g/mol. The Morgan fingerprint density at radius 2 is 0.873 bits per heavy atom. The van der Waals surface area contributed by atoms with Crippen LogP contribution in [0.1, 0.15) is 26.7 Å². The molecule has 9 heteroatoms. The van der Waals surface area contributed by atoms with Crippen molar-refractivity contribution >= 4 is 71.0 Å². The van der Waals surface area contributed by atoms with Crippen LogP contribution in [0.3, 0.4) is 0 Å². The van der Waals surface area contributed by atoms with Gasteiger partial charge >= 0.3 is 11.9 Å². The van der Waals surface area contributed by atoms with Gasteiger partial charge < -0.3 is 28.4 Å². The van der Waals surface area contributed by atoms with Gasteiger partial charge in [0.2, 0.25) is 0 Å². The van der Waals surface area contributed by atoms with E-state index in [1.165, 1.54) is 0 Å². The summed E-state index contributed by atoms with van der Waals surface area (Å²) in [5.41, 5.74) is 0. The summed E-state index contributed by atoms with van der Waals surface area (Å²) in [7, 11) is 0. The van der Waals surface area contributed by atoms with Crippen LogP contribution in [0.15, 0.2) is 132 Å². The van der Waals surface area contributed by atoms with Gasteiger partial charge in [0.15, 0.2) is 12.2 Å². The SMILES string of the molecule is CCC(=O)OC(COc1cccc2ccccc12)COc1c2ccccc2c(OCC(COc2cccc3ccccc23)OC(=O)CC)c2cc(Br)ccc12. The fourth-order valence-corrected chi connectivity index (χ4v) is 6.88. The van der Waals surface area contributed by atoms with Crippen LogP contribution >= 0.6 is 15.9 Å². The van der Waals surface area contributed by atoms with Gasteiger partial charge in [0.05, 0.1) is 0 Å². The van der Waals surface area contributed by atoms with E-state index in [9.17, 15) is 9.59 Å². The molecule has 0 aliphatic carbocycles. The van der Waals surface area contributed by atoms with Gasteiger partial charge in [-0.05, 0) is 41.1 Å². The number of esters is 2. The summed E-state index contributed by atoms with van der Waals surface area (Å²) in [4.78, 5) is 25.1. The third-order valence-electron chi connectivity index (χ3n) is 9.24. The first-order valence-electron chi connectivity index (χ1n) is 18.4. The normalized spacial score (nSPS) is 12.3. The summed E-state index contributed by atoms with van der Waals surface area (Å²) in [6, 6.07) is 41.4. The average Bonchev–Trinajstić information content (AvgIpc) is 3.22. The van der Waals surface area contributed by atoms with Crippen molar-refractivity contribution < 1.29 is 38.0 Å². The minimum atomic E-state index is -0.695. The third kappa shape index (κ3) is 8.79. The second kappa shape index (κ2) is 17.6. The maximum absolute atomic E-state index is 12.6. The standard InChI is InChI=1S/C46H41BrO8/c1-3-43(48)54-33(26-50-41-21-11-15-30-13-5-7-17-35(30)41)28-52-45-37-19-9-10-20-38(37)46(40-25-32(47)23-24-39(40)45)53-29-34(55-44(49)4-2)27-51-42-22-12-16-31-14-6-8-18-36(31)42/h5-25,33-34H,3-4,26-29H2,1-2H3. The Kier molecular flexibility index (Phi) is 12.0. The van der Waals surface area contributed by atoms with Crippen LogP contribution in [0, 0.1) is 0 Å². The number of halogens is 1. The zero-order valence-electron chi connectivity index (χ0n) is 30.7. The van der Waals surface area contributed by atoms with Crippen LogP contribution in [-0.4, -0.2) is 50.6 Å². The number of ether oxygens (including phenoxy) is 6. The smallest absolute Gasteiger partial charge is 0.306 e. The largest absolute Gasteiger partial charge is 0.489 e. The topological polar surface area (TPSA) is 89.5 Å². The van der Waals surface area contributed by atoms with Crippen LogP contribution in [0.5, 0.6) is 23.0 Å². The number of carbonyl (C=O) groups excluding carboxylic acids is 2. The van der Waals surface area contributed by atoms with Gasteiger partial charge in [-0.15, -0.1) is 0 Å². The molecule has 0 radical (unpaired) electrons. The highest BCUT2D eigenvalue weighted by Gasteiger charge is 2.23. The molecule has 280 valence electrons. The average molecular weight is 802 g/mol. The van der Waals surface area contributed by atoms with E-state index in [2.05, 4.69) is 15.9 Å². The Balaban J connectivity index is 1.16. The van der Waals surface area contributed by atoms with Gasteiger partial charge in [-0.1, -0.05) is 127 Å². The summed E-state index contributed by atoms with van der Waals surface area (Å²) in [5.74, 6) is 1.92. The van der Waals surface area contributed by atoms with Gasteiger partial charge in [0.1, 0.15) is 49.4 Å². The summed E-state index contributed by atoms with van der Waals surface area (Å²) in [6.07, 6.45) is -0.948. The van der Waals surface area contributed by atoms with E-state index in [1.807, 2.05) is 127 Å². The first-order chi connectivity index (χ1) is 26.9. The van der Waals surface area contributed by atoms with E-state index in [1.54, 1.807) is 13.8 Å². The lowest BCUT2D eigenvalue weighted by Crippen LogP contribution is -2.31. The van der Waals surface area contributed by atoms with Gasteiger partial charge in [-0.2, -0.15) is 0 Å². The highest BCUT2D eigenvalue weighted by atomic mass is 79.9. The Morgan fingerprint density at radius 3 is 1.36 bits per heavy atom. The Labute approximate surface area is 328 Å². The lowest BCUT2D eigenvalue weighted by Gasteiger charge is -2.23. The molecule has 7 aromatic rings. The van der Waals surface area contributed by atoms with Crippen molar-refractivity contribution in [1.29, 1.82) is 0 Å². The summed E-state index contributed by atoms with van der Waals surface area (Å²) in [5, 5.41) is 7.22. The second-order valence-electron chi connectivity index (χ2n) is 13.0. The van der Waals surface area contributed by atoms with Crippen molar-refractivity contribution in [3.8, 4) is 23.0 Å². The van der Waals surface area contributed by atoms with Crippen LogP contribution in [0.25, 0.3) is 43.1 Å². The van der Waals surface area contributed by atoms with Crippen molar-refractivity contribution in [3.63, 3.8) is 0 Å². The first kappa shape index (κ1) is 37.5. The molecule has 0 saturated carbocycles. The molecule has 0 heterocycles. The second-order valence-corrected chi connectivity index (χ2v) is 13.9. The molecule has 0 amide bonds. The molecule has 7 aromatic carbocycles. The van der Waals surface area contributed by atoms with Gasteiger partial charge in [-0.25, -0.2) is 0 Å². The molecule has 8 nitrogen and oxygen atoms in total. The molecular formula is C46H41BrO8. The van der Waals surface area contributed by atoms with Crippen molar-refractivity contribution in [3.05, 3.63) is 132 Å². The van der Waals surface area contributed by atoms with Crippen molar-refractivity contribution in [1.82, 2.24) is 0 Å². The fraction of sp³-hybridized carbons (Fsp3) is 0.217. The van der Waals surface area contributed by atoms with Crippen LogP contribution in [0.4, 0.5) is 0 Å². The molecule has 55 heavy (non-hydrogen) atoms. The van der Waals surface area contributed by atoms with E-state index >= 15 is 0 Å². The van der Waals surface area contributed by atoms with Gasteiger partial charge in [0.25, 0.3) is 0 Å². The molecule has 0 bridgehead atoms. The molecule has 0 aliphatic rings. The summed E-state index contributed by atoms with van der Waals surface area (Å²) >= 11 is 3.65. The molecule has 0 aromatic heterocycles. The lowest BCUT2D eigenvalue weighted by molar-refractivity contribution is -0.152. The number of hydrogen-bond acceptors (Lipinski definition) is 8. The zero-order valence-corrected chi connectivity index (χ0v) is 32.3. The predicted octanol–water partition coefficient (Wildman–Crippen LogP) is 10.6. The highest BCUT2D eigenvalue weighted by Crippen LogP contribution is 2.44. The number of benzene rings is 7. The van der Waals surface area contributed by atoms with Gasteiger partial charge in [0, 0.05) is 49.6 Å². The molecule has 0 saturated heterocycles. The fourth-order valence-electron chi connectivity index (χ4n) is 6.51. The first-order valence-corrected chi connectivity index (χ1v) is 19.2. The van der Waals surface area contributed by atoms with Crippen molar-refractivity contribution in [2.45, 2.75) is 38.9 Å². The number of carbonyl (C=O) groups is 2. The molecular weight excluding hydrogens is 760 g/mol. The summed E-state index contributed by atoms with van der Waals surface area (Å²) in [6.45, 7) is 3.80. The molecule has 2 unspecified atom stereocenters. The van der Waals surface area contributed by atoms with Gasteiger partial charge in [-0.3, -0.25) is 9.59 Å². The third-order valence-corrected chi connectivity index (χ3v) is 9.73. The number of rotatable bonds is 16. The number of hydrogen-bond donors (Lipinski definition) is 0. The Hall–Kier alpha value is -5.80. The van der Waals surface area contributed by atoms with Crippen LogP contribution in [-0.2, 0) is 19.1 Å². The van der Waals surface area contributed by atoms with E-state index in [0.29, 0.717) is 23.0 Å². The van der Waals surface area contributed by atoms with Crippen molar-refractivity contribution in [2.75, 3.05) is 26.4 Å². The molecule has 0 fully saturated rings. The van der Waals surface area contributed by atoms with E-state index in [-0.39, 0.29) is 51.2 Å². The molecule has 0 N–H and O–H groups in total. The lowest BCUT2D eigenvalue weighted by atomic mass is 10.0. The zero-order chi connectivity index (χ0) is 38.1. The van der Waals surface area contributed by atoms with E-state index < -0.39 is 12.2 Å².